The van der Waals surface area contributed by atoms with Crippen LogP contribution in [-0.2, 0) is 9.63 Å². The van der Waals surface area contributed by atoms with Crippen LogP contribution in [0.5, 0.6) is 0 Å². The Labute approximate surface area is 212 Å². The molecule has 2 aliphatic carbocycles. The number of nitrogens with one attached hydrogen (secondary N) is 1. The molecule has 0 aliphatic heterocycles. The lowest BCUT2D eigenvalue weighted by Crippen LogP contribution is -2.43. The molecular weight excluding hydrogens is 506 g/mol. The number of nitrogens with zero attached hydrogens (tertiary/aromatic N) is 1. The molecule has 1 N–H and O–H groups in total. The van der Waals surface area contributed by atoms with Crippen LogP contribution in [0.3, 0.4) is 0 Å². The number of rotatable bonds is 4. The van der Waals surface area contributed by atoms with E-state index in [1.54, 1.807) is 24.3 Å². The first kappa shape index (κ1) is 24.3. The highest BCUT2D eigenvalue weighted by Crippen LogP contribution is 2.71. The summed E-state index contributed by atoms with van der Waals surface area (Å²) >= 11 is 24.2. The number of oxime groups is 1. The average molecular weight is 528 g/mol. The molecule has 4 rings (SSSR count). The largest absolute Gasteiger partial charge is 0.367 e. The minimum atomic E-state index is -0.723. The van der Waals surface area contributed by atoms with E-state index in [4.69, 9.17) is 51.2 Å². The van der Waals surface area contributed by atoms with Crippen LogP contribution in [0, 0.1) is 16.2 Å². The van der Waals surface area contributed by atoms with Crippen molar-refractivity contribution in [3.8, 4) is 0 Å². The molecule has 0 heterocycles. The summed E-state index contributed by atoms with van der Waals surface area (Å²) in [5.41, 5.74) is -0.194. The molecule has 2 unspecified atom stereocenters. The highest BCUT2D eigenvalue weighted by Gasteiger charge is 2.71. The van der Waals surface area contributed by atoms with E-state index in [1.165, 1.54) is 12.1 Å². The van der Waals surface area contributed by atoms with E-state index in [0.717, 1.165) is 6.42 Å². The highest BCUT2D eigenvalue weighted by atomic mass is 35.5. The van der Waals surface area contributed by atoms with E-state index in [9.17, 15) is 9.59 Å². The Morgan fingerprint density at radius 3 is 2.24 bits per heavy atom. The summed E-state index contributed by atoms with van der Waals surface area (Å²) in [4.78, 5) is 31.4. The number of amides is 1. The number of carbonyl (C=O) groups excluding carboxylic acids is 2. The van der Waals surface area contributed by atoms with Crippen molar-refractivity contribution in [3.05, 3.63) is 62.1 Å². The van der Waals surface area contributed by atoms with Gasteiger partial charge in [-0.2, -0.15) is 0 Å². The molecule has 2 fully saturated rings. The fraction of sp³-hybridized carbons (Fsp3) is 0.375. The van der Waals surface area contributed by atoms with Gasteiger partial charge in [0.05, 0.1) is 21.7 Å². The van der Waals surface area contributed by atoms with Gasteiger partial charge in [-0.15, -0.1) is 0 Å². The van der Waals surface area contributed by atoms with Crippen LogP contribution in [0.2, 0.25) is 20.1 Å². The summed E-state index contributed by atoms with van der Waals surface area (Å²) in [5, 5.41) is 8.68. The third-order valence-electron chi connectivity index (χ3n) is 7.68. The Kier molecular flexibility index (Phi) is 6.24. The van der Waals surface area contributed by atoms with Crippen molar-refractivity contribution >= 4 is 69.7 Å². The molecule has 5 nitrogen and oxygen atoms in total. The quantitative estimate of drug-likeness (QED) is 0.327. The Balaban J connectivity index is 1.60. The summed E-state index contributed by atoms with van der Waals surface area (Å²) in [6.45, 7) is 6.18. The SMILES string of the molecule is CC12CCC(C(=O)Nc3cc(Cl)cc(Cl)c3)(C/C1=N/OC(=O)c1ccc(Cl)cc1Cl)C2(C)C. The molecule has 2 aromatic rings. The van der Waals surface area contributed by atoms with Crippen molar-refractivity contribution in [3.63, 3.8) is 0 Å². The first-order chi connectivity index (χ1) is 15.4. The maximum Gasteiger partial charge on any atom is 0.367 e. The molecule has 2 aliphatic rings. The van der Waals surface area contributed by atoms with Gasteiger partial charge in [0.25, 0.3) is 0 Å². The number of carbonyl (C=O) groups is 2. The van der Waals surface area contributed by atoms with Crippen LogP contribution >= 0.6 is 46.4 Å². The third-order valence-corrected chi connectivity index (χ3v) is 8.66. The van der Waals surface area contributed by atoms with E-state index in [2.05, 4.69) is 31.2 Å². The average Bonchev–Trinajstić information content (AvgIpc) is 3.02. The number of anilines is 1. The van der Waals surface area contributed by atoms with Crippen molar-refractivity contribution < 1.29 is 14.4 Å². The zero-order chi connectivity index (χ0) is 24.2. The number of fused-ring (bicyclic) bond motifs is 2. The molecule has 2 saturated carbocycles. The van der Waals surface area contributed by atoms with Crippen LogP contribution in [0.25, 0.3) is 0 Å². The Morgan fingerprint density at radius 2 is 1.61 bits per heavy atom. The van der Waals surface area contributed by atoms with Gasteiger partial charge < -0.3 is 10.2 Å². The molecule has 2 bridgehead atoms. The van der Waals surface area contributed by atoms with Gasteiger partial charge in [0.2, 0.25) is 5.91 Å². The van der Waals surface area contributed by atoms with Gasteiger partial charge in [0.1, 0.15) is 0 Å². The second-order valence-corrected chi connectivity index (χ2v) is 11.1. The van der Waals surface area contributed by atoms with Gasteiger partial charge in [0.15, 0.2) is 0 Å². The van der Waals surface area contributed by atoms with E-state index in [1.807, 2.05) is 0 Å². The van der Waals surface area contributed by atoms with Crippen LogP contribution in [0.15, 0.2) is 41.6 Å². The van der Waals surface area contributed by atoms with Crippen LogP contribution in [0.1, 0.15) is 50.4 Å². The maximum absolute atomic E-state index is 13.6. The van der Waals surface area contributed by atoms with E-state index < -0.39 is 22.2 Å². The van der Waals surface area contributed by atoms with Crippen LogP contribution in [-0.4, -0.2) is 17.6 Å². The Morgan fingerprint density at radius 1 is 0.939 bits per heavy atom. The van der Waals surface area contributed by atoms with Gasteiger partial charge in [-0.25, -0.2) is 4.79 Å². The van der Waals surface area contributed by atoms with E-state index >= 15 is 0 Å². The second-order valence-electron chi connectivity index (χ2n) is 9.37. The first-order valence-electron chi connectivity index (χ1n) is 10.4. The lowest BCUT2D eigenvalue weighted by atomic mass is 9.64. The zero-order valence-electron chi connectivity index (χ0n) is 18.3. The number of halogens is 4. The topological polar surface area (TPSA) is 67.8 Å². The van der Waals surface area contributed by atoms with Crippen molar-refractivity contribution in [2.45, 2.75) is 40.0 Å². The molecule has 2 aromatic carbocycles. The Bertz CT molecular complexity index is 1180. The fourth-order valence-electron chi connectivity index (χ4n) is 5.20. The molecule has 1 amide bonds. The Hall–Kier alpha value is -1.79. The smallest absolute Gasteiger partial charge is 0.325 e. The van der Waals surface area contributed by atoms with E-state index in [-0.39, 0.29) is 16.5 Å². The first-order valence-corrected chi connectivity index (χ1v) is 11.9. The number of hydrogen-bond donors (Lipinski definition) is 1. The molecule has 33 heavy (non-hydrogen) atoms. The van der Waals surface area contributed by atoms with Gasteiger partial charge in [-0.05, 0) is 54.7 Å². The van der Waals surface area contributed by atoms with Gasteiger partial charge in [-0.1, -0.05) is 72.3 Å². The monoisotopic (exact) mass is 526 g/mol. The number of benzene rings is 2. The lowest BCUT2D eigenvalue weighted by molar-refractivity contribution is -0.130. The molecular formula is C24H22Cl4N2O3. The fourth-order valence-corrected chi connectivity index (χ4v) is 6.21. The zero-order valence-corrected chi connectivity index (χ0v) is 21.3. The lowest BCUT2D eigenvalue weighted by Gasteiger charge is -2.39. The van der Waals surface area contributed by atoms with Crippen molar-refractivity contribution in [1.82, 2.24) is 0 Å². The predicted molar refractivity (Wildman–Crippen MR) is 133 cm³/mol. The maximum atomic E-state index is 13.6. The standard InChI is InChI=1S/C24H22Cl4N2O3/c1-22(2)23(3)6-7-24(22,21(32)29-16-9-14(26)8-15(27)10-16)12-19(23)30-33-20(31)17-5-4-13(25)11-18(17)28/h4-5,8-11H,6-7,12H2,1-3H3,(H,29,32)/b30-19-. The molecule has 0 radical (unpaired) electrons. The summed E-state index contributed by atoms with van der Waals surface area (Å²) in [7, 11) is 0. The molecule has 9 heteroatoms. The normalized spacial score (nSPS) is 26.5. The summed E-state index contributed by atoms with van der Waals surface area (Å²) in [6, 6.07) is 9.44. The molecule has 0 aromatic heterocycles. The minimum Gasteiger partial charge on any atom is -0.325 e. The van der Waals surface area contributed by atoms with Crippen molar-refractivity contribution in [2.75, 3.05) is 5.32 Å². The summed E-state index contributed by atoms with van der Waals surface area (Å²) in [6.07, 6.45) is 1.80. The van der Waals surface area contributed by atoms with Crippen LogP contribution < -0.4 is 5.32 Å². The molecule has 174 valence electrons. The molecule has 0 saturated heterocycles. The van der Waals surface area contributed by atoms with Gasteiger partial charge in [-0.3, -0.25) is 4.79 Å². The number of hydrogen-bond acceptors (Lipinski definition) is 4. The van der Waals surface area contributed by atoms with E-state index in [0.29, 0.717) is 39.3 Å². The highest BCUT2D eigenvalue weighted by molar-refractivity contribution is 6.36. The van der Waals surface area contributed by atoms with Gasteiger partial charge >= 0.3 is 5.97 Å². The predicted octanol–water partition coefficient (Wildman–Crippen LogP) is 7.67. The van der Waals surface area contributed by atoms with Crippen molar-refractivity contribution in [1.29, 1.82) is 0 Å². The summed E-state index contributed by atoms with van der Waals surface area (Å²) < 4.78 is 0. The molecule has 2 atom stereocenters. The third kappa shape index (κ3) is 3.93. The summed E-state index contributed by atoms with van der Waals surface area (Å²) in [5.74, 6) is -0.813. The van der Waals surface area contributed by atoms with Crippen molar-refractivity contribution in [2.24, 2.45) is 21.4 Å². The van der Waals surface area contributed by atoms with Crippen LogP contribution in [0.4, 0.5) is 5.69 Å². The second kappa shape index (κ2) is 8.46. The van der Waals surface area contributed by atoms with Gasteiger partial charge in [0, 0.05) is 32.6 Å². The molecule has 0 spiro atoms. The minimum absolute atomic E-state index is 0.133.